The first-order valence-electron chi connectivity index (χ1n) is 7.01. The van der Waals surface area contributed by atoms with Crippen LogP contribution in [0.4, 0.5) is 5.69 Å². The predicted octanol–water partition coefficient (Wildman–Crippen LogP) is 1.92. The molecule has 3 rings (SSSR count). The van der Waals surface area contributed by atoms with Crippen molar-refractivity contribution in [2.45, 2.75) is 12.8 Å². The number of hydrogen-bond donors (Lipinski definition) is 1. The van der Waals surface area contributed by atoms with E-state index in [-0.39, 0.29) is 5.91 Å². The number of hydrogen-bond acceptors (Lipinski definition) is 3. The second-order valence-corrected chi connectivity index (χ2v) is 6.35. The van der Waals surface area contributed by atoms with Gasteiger partial charge in [0.2, 0.25) is 5.91 Å². The van der Waals surface area contributed by atoms with Crippen LogP contribution < -0.4 is 10.2 Å². The first-order valence-corrected chi connectivity index (χ1v) is 8.17. The lowest BCUT2D eigenvalue weighted by Gasteiger charge is -2.30. The highest BCUT2D eigenvalue weighted by atomic mass is 32.2. The Morgan fingerprint density at radius 3 is 3.00 bits per heavy atom. The van der Waals surface area contributed by atoms with Gasteiger partial charge in [0, 0.05) is 12.2 Å². The first-order chi connectivity index (χ1) is 9.34. The zero-order valence-electron chi connectivity index (χ0n) is 11.1. The van der Waals surface area contributed by atoms with Gasteiger partial charge < -0.3 is 10.2 Å². The van der Waals surface area contributed by atoms with Gasteiger partial charge in [-0.15, -0.1) is 0 Å². The van der Waals surface area contributed by atoms with Crippen LogP contribution in [0.5, 0.6) is 0 Å². The fraction of sp³-hybridized carbons (Fsp3) is 0.533. The summed E-state index contributed by atoms with van der Waals surface area (Å²) in [5.74, 6) is 2.76. The fourth-order valence-electron chi connectivity index (χ4n) is 2.65. The van der Waals surface area contributed by atoms with Crippen LogP contribution in [0.1, 0.15) is 12.0 Å². The minimum absolute atomic E-state index is 0.268. The van der Waals surface area contributed by atoms with E-state index in [1.54, 1.807) is 11.8 Å². The number of aryl methyl sites for hydroxylation is 1. The molecule has 1 aromatic carbocycles. The molecule has 1 fully saturated rings. The van der Waals surface area contributed by atoms with Crippen LogP contribution >= 0.6 is 11.8 Å². The minimum Gasteiger partial charge on any atom is -0.316 e. The third kappa shape index (κ3) is 2.95. The van der Waals surface area contributed by atoms with Crippen molar-refractivity contribution in [2.24, 2.45) is 5.92 Å². The second kappa shape index (κ2) is 5.97. The Morgan fingerprint density at radius 2 is 2.21 bits per heavy atom. The maximum Gasteiger partial charge on any atom is 0.236 e. The molecular formula is C15H20N2OS. The Balaban J connectivity index is 1.57. The Kier molecular flexibility index (Phi) is 4.09. The summed E-state index contributed by atoms with van der Waals surface area (Å²) in [7, 11) is 0. The van der Waals surface area contributed by atoms with Crippen molar-refractivity contribution in [3.63, 3.8) is 0 Å². The van der Waals surface area contributed by atoms with Gasteiger partial charge in [-0.25, -0.2) is 0 Å². The molecule has 0 bridgehead atoms. The van der Waals surface area contributed by atoms with Gasteiger partial charge in [0.15, 0.2) is 0 Å². The Bertz CT molecular complexity index is 459. The molecule has 0 aliphatic carbocycles. The molecule has 19 heavy (non-hydrogen) atoms. The molecule has 1 aromatic rings. The van der Waals surface area contributed by atoms with Crippen molar-refractivity contribution in [2.75, 3.05) is 36.0 Å². The molecule has 2 heterocycles. The van der Waals surface area contributed by atoms with Gasteiger partial charge in [-0.05, 0) is 49.2 Å². The van der Waals surface area contributed by atoms with E-state index < -0.39 is 0 Å². The van der Waals surface area contributed by atoms with Crippen LogP contribution in [-0.4, -0.2) is 37.0 Å². The van der Waals surface area contributed by atoms with Crippen LogP contribution in [-0.2, 0) is 11.2 Å². The molecule has 0 atom stereocenters. The molecule has 3 nitrogen and oxygen atoms in total. The number of nitrogens with zero attached hydrogens (tertiary/aromatic N) is 1. The van der Waals surface area contributed by atoms with E-state index >= 15 is 0 Å². The minimum atomic E-state index is 0.268. The molecule has 1 amide bonds. The molecule has 2 aliphatic heterocycles. The van der Waals surface area contributed by atoms with Crippen LogP contribution in [0.3, 0.4) is 0 Å². The lowest BCUT2D eigenvalue weighted by molar-refractivity contribution is -0.116. The molecule has 0 aromatic heterocycles. The fourth-order valence-corrected chi connectivity index (χ4v) is 3.67. The van der Waals surface area contributed by atoms with Gasteiger partial charge in [-0.3, -0.25) is 4.79 Å². The number of anilines is 1. The van der Waals surface area contributed by atoms with E-state index in [0.29, 0.717) is 5.75 Å². The van der Waals surface area contributed by atoms with E-state index in [2.05, 4.69) is 23.5 Å². The number of carbonyl (C=O) groups excluding carboxylic acids is 1. The predicted molar refractivity (Wildman–Crippen MR) is 80.8 cm³/mol. The highest BCUT2D eigenvalue weighted by Gasteiger charge is 2.23. The van der Waals surface area contributed by atoms with Crippen LogP contribution in [0, 0.1) is 5.92 Å². The average Bonchev–Trinajstić information content (AvgIpc) is 2.40. The van der Waals surface area contributed by atoms with Gasteiger partial charge in [0.1, 0.15) is 0 Å². The Morgan fingerprint density at radius 1 is 1.37 bits per heavy atom. The molecule has 1 saturated heterocycles. The molecule has 0 saturated carbocycles. The molecule has 2 aliphatic rings. The van der Waals surface area contributed by atoms with Crippen molar-refractivity contribution in [1.82, 2.24) is 5.32 Å². The first kappa shape index (κ1) is 13.0. The van der Waals surface area contributed by atoms with Gasteiger partial charge in [0.25, 0.3) is 0 Å². The molecule has 102 valence electrons. The van der Waals surface area contributed by atoms with Crippen molar-refractivity contribution in [3.8, 4) is 0 Å². The number of benzene rings is 1. The van der Waals surface area contributed by atoms with Crippen LogP contribution in [0.25, 0.3) is 0 Å². The zero-order chi connectivity index (χ0) is 13.1. The number of rotatable bonds is 4. The third-order valence-corrected chi connectivity index (χ3v) is 5.01. The van der Waals surface area contributed by atoms with Gasteiger partial charge >= 0.3 is 0 Å². The number of fused-ring (bicyclic) bond motifs is 1. The lowest BCUT2D eigenvalue weighted by Crippen LogP contribution is -2.43. The maximum absolute atomic E-state index is 12.3. The summed E-state index contributed by atoms with van der Waals surface area (Å²) in [6.07, 6.45) is 2.18. The summed E-state index contributed by atoms with van der Waals surface area (Å²) in [6.45, 7) is 3.11. The van der Waals surface area contributed by atoms with E-state index in [0.717, 1.165) is 49.8 Å². The van der Waals surface area contributed by atoms with Crippen molar-refractivity contribution >= 4 is 23.4 Å². The number of para-hydroxylation sites is 1. The summed E-state index contributed by atoms with van der Waals surface area (Å²) < 4.78 is 0. The van der Waals surface area contributed by atoms with E-state index in [4.69, 9.17) is 0 Å². The van der Waals surface area contributed by atoms with Crippen LogP contribution in [0.15, 0.2) is 24.3 Å². The smallest absolute Gasteiger partial charge is 0.236 e. The summed E-state index contributed by atoms with van der Waals surface area (Å²) in [5, 5.41) is 3.27. The Hall–Kier alpha value is -1.00. The number of nitrogens with one attached hydrogen (secondary N) is 1. The summed E-state index contributed by atoms with van der Waals surface area (Å²) in [6, 6.07) is 8.30. The van der Waals surface area contributed by atoms with E-state index in [1.165, 1.54) is 5.56 Å². The molecule has 0 radical (unpaired) electrons. The summed E-state index contributed by atoms with van der Waals surface area (Å²) >= 11 is 1.78. The van der Waals surface area contributed by atoms with Gasteiger partial charge in [-0.2, -0.15) is 11.8 Å². The quantitative estimate of drug-likeness (QED) is 0.912. The van der Waals surface area contributed by atoms with Crippen molar-refractivity contribution in [3.05, 3.63) is 29.8 Å². The lowest BCUT2D eigenvalue weighted by atomic mass is 10.0. The van der Waals surface area contributed by atoms with Crippen LogP contribution in [0.2, 0.25) is 0 Å². The highest BCUT2D eigenvalue weighted by Crippen LogP contribution is 2.27. The highest BCUT2D eigenvalue weighted by molar-refractivity contribution is 7.99. The zero-order valence-corrected chi connectivity index (χ0v) is 11.9. The summed E-state index contributed by atoms with van der Waals surface area (Å²) in [5.41, 5.74) is 2.44. The largest absolute Gasteiger partial charge is 0.316 e. The third-order valence-electron chi connectivity index (χ3n) is 3.86. The average molecular weight is 276 g/mol. The maximum atomic E-state index is 12.3. The molecule has 1 N–H and O–H groups in total. The topological polar surface area (TPSA) is 32.3 Å². The van der Waals surface area contributed by atoms with E-state index in [9.17, 15) is 4.79 Å². The molecular weight excluding hydrogens is 256 g/mol. The van der Waals surface area contributed by atoms with Gasteiger partial charge in [-0.1, -0.05) is 18.2 Å². The van der Waals surface area contributed by atoms with E-state index in [1.807, 2.05) is 11.0 Å². The molecule has 4 heteroatoms. The monoisotopic (exact) mass is 276 g/mol. The van der Waals surface area contributed by atoms with Gasteiger partial charge in [0.05, 0.1) is 5.75 Å². The second-order valence-electron chi connectivity index (χ2n) is 5.32. The SMILES string of the molecule is O=C(CSCC1CNC1)N1CCCc2ccccc21. The van der Waals surface area contributed by atoms with Crippen molar-refractivity contribution in [1.29, 1.82) is 0 Å². The standard InChI is InChI=1S/C15H20N2OS/c18-15(11-19-10-12-8-16-9-12)17-7-3-5-13-4-1-2-6-14(13)17/h1-2,4,6,12,16H,3,5,7-11H2. The molecule has 0 unspecified atom stereocenters. The number of thioether (sulfide) groups is 1. The normalized spacial score (nSPS) is 18.8. The summed E-state index contributed by atoms with van der Waals surface area (Å²) in [4.78, 5) is 14.3. The van der Waals surface area contributed by atoms with Crippen molar-refractivity contribution < 1.29 is 4.79 Å². The number of carbonyl (C=O) groups is 1. The Labute approximate surface area is 118 Å². The molecule has 0 spiro atoms. The number of amides is 1.